The molecule has 2 aromatic carbocycles. The first-order valence-electron chi connectivity index (χ1n) is 6.98. The van der Waals surface area contributed by atoms with E-state index >= 15 is 0 Å². The molecule has 0 aliphatic heterocycles. The third kappa shape index (κ3) is 3.47. The van der Waals surface area contributed by atoms with Gasteiger partial charge < -0.3 is 9.73 Å². The second-order valence-corrected chi connectivity index (χ2v) is 5.37. The maximum absolute atomic E-state index is 12.0. The molecule has 1 heterocycles. The van der Waals surface area contributed by atoms with Crippen LogP contribution in [0.1, 0.15) is 0 Å². The Morgan fingerprint density at radius 1 is 1.12 bits per heavy atom. The van der Waals surface area contributed by atoms with Crippen molar-refractivity contribution in [2.24, 2.45) is 0 Å². The lowest BCUT2D eigenvalue weighted by Crippen LogP contribution is -2.37. The van der Waals surface area contributed by atoms with Gasteiger partial charge in [0.05, 0.1) is 5.52 Å². The molecular weight excluding hydrogens is 334 g/mol. The minimum Gasteiger partial charge on any atom is -0.408 e. The molecule has 3 rings (SSSR count). The normalized spacial score (nSPS) is 10.5. The monoisotopic (exact) mass is 345 g/mol. The Labute approximate surface area is 140 Å². The quantitative estimate of drug-likeness (QED) is 0.763. The summed E-state index contributed by atoms with van der Waals surface area (Å²) in [7, 11) is 0. The lowest BCUT2D eigenvalue weighted by molar-refractivity contribution is -0.120. The van der Waals surface area contributed by atoms with Gasteiger partial charge in [0.1, 0.15) is 6.54 Å². The van der Waals surface area contributed by atoms with Crippen LogP contribution in [0.5, 0.6) is 0 Å². The Bertz CT molecular complexity index is 962. The van der Waals surface area contributed by atoms with Crippen molar-refractivity contribution in [3.8, 4) is 0 Å². The lowest BCUT2D eigenvalue weighted by atomic mass is 10.3. The zero-order valence-electron chi connectivity index (χ0n) is 12.3. The van der Waals surface area contributed by atoms with E-state index in [0.29, 0.717) is 16.2 Å². The zero-order chi connectivity index (χ0) is 17.1. The first-order chi connectivity index (χ1) is 11.5. The molecule has 0 radical (unpaired) electrons. The van der Waals surface area contributed by atoms with Crippen molar-refractivity contribution in [1.29, 1.82) is 0 Å². The van der Waals surface area contributed by atoms with Gasteiger partial charge in [-0.3, -0.25) is 14.7 Å². The Balaban J connectivity index is 1.70. The molecule has 1 aromatic heterocycles. The first-order valence-corrected chi connectivity index (χ1v) is 7.35. The van der Waals surface area contributed by atoms with E-state index < -0.39 is 17.7 Å². The van der Waals surface area contributed by atoms with Gasteiger partial charge in [-0.1, -0.05) is 29.8 Å². The van der Waals surface area contributed by atoms with E-state index in [4.69, 9.17) is 16.0 Å². The number of benzene rings is 2. The van der Waals surface area contributed by atoms with Gasteiger partial charge in [0, 0.05) is 16.8 Å². The standard InChI is InChI=1S/C16H12ClN3O4/c17-10-6-7-12-13(8-10)24-16(23)20(12)9-14(21)19-15(22)18-11-4-2-1-3-5-11/h1-8H,9H2,(H2,18,19,21,22). The third-order valence-electron chi connectivity index (χ3n) is 3.22. The van der Waals surface area contributed by atoms with Crippen LogP contribution in [0.3, 0.4) is 0 Å². The summed E-state index contributed by atoms with van der Waals surface area (Å²) in [6.45, 7) is -0.352. The highest BCUT2D eigenvalue weighted by Gasteiger charge is 2.15. The summed E-state index contributed by atoms with van der Waals surface area (Å²) < 4.78 is 6.15. The van der Waals surface area contributed by atoms with Crippen molar-refractivity contribution in [2.75, 3.05) is 5.32 Å². The Kier molecular flexibility index (Phi) is 4.35. The SMILES string of the molecule is O=C(Cn1c(=O)oc2cc(Cl)ccc21)NC(=O)Nc1ccccc1. The summed E-state index contributed by atoms with van der Waals surface area (Å²) in [6, 6.07) is 12.6. The summed E-state index contributed by atoms with van der Waals surface area (Å²) >= 11 is 5.83. The molecule has 0 spiro atoms. The van der Waals surface area contributed by atoms with E-state index in [0.717, 1.165) is 4.57 Å². The number of imide groups is 1. The Hall–Kier alpha value is -3.06. The minimum absolute atomic E-state index is 0.272. The van der Waals surface area contributed by atoms with Crippen LogP contribution in [0.25, 0.3) is 11.1 Å². The van der Waals surface area contributed by atoms with Crippen LogP contribution >= 0.6 is 11.6 Å². The van der Waals surface area contributed by atoms with E-state index in [1.54, 1.807) is 42.5 Å². The maximum Gasteiger partial charge on any atom is 0.420 e. The second kappa shape index (κ2) is 6.59. The first kappa shape index (κ1) is 15.8. The van der Waals surface area contributed by atoms with Crippen molar-refractivity contribution in [2.45, 2.75) is 6.54 Å². The van der Waals surface area contributed by atoms with Gasteiger partial charge >= 0.3 is 11.8 Å². The summed E-state index contributed by atoms with van der Waals surface area (Å²) in [6.07, 6.45) is 0. The number of anilines is 1. The van der Waals surface area contributed by atoms with Crippen molar-refractivity contribution in [3.05, 3.63) is 64.1 Å². The van der Waals surface area contributed by atoms with Crippen molar-refractivity contribution in [3.63, 3.8) is 0 Å². The number of aromatic nitrogens is 1. The van der Waals surface area contributed by atoms with Crippen LogP contribution in [0.2, 0.25) is 5.02 Å². The third-order valence-corrected chi connectivity index (χ3v) is 3.45. The number of nitrogens with zero attached hydrogens (tertiary/aromatic N) is 1. The molecule has 122 valence electrons. The number of para-hydroxylation sites is 1. The van der Waals surface area contributed by atoms with Gasteiger partial charge in [0.2, 0.25) is 5.91 Å². The number of hydrogen-bond acceptors (Lipinski definition) is 4. The fraction of sp³-hybridized carbons (Fsp3) is 0.0625. The number of rotatable bonds is 3. The fourth-order valence-electron chi connectivity index (χ4n) is 2.18. The molecule has 0 saturated heterocycles. The molecule has 24 heavy (non-hydrogen) atoms. The van der Waals surface area contributed by atoms with Gasteiger partial charge in [0.15, 0.2) is 5.58 Å². The van der Waals surface area contributed by atoms with Gasteiger partial charge in [-0.15, -0.1) is 0 Å². The van der Waals surface area contributed by atoms with E-state index in [1.165, 1.54) is 6.07 Å². The second-order valence-electron chi connectivity index (χ2n) is 4.93. The molecule has 0 aliphatic carbocycles. The molecule has 3 amide bonds. The molecule has 0 saturated carbocycles. The van der Waals surface area contributed by atoms with E-state index in [2.05, 4.69) is 10.6 Å². The topological polar surface area (TPSA) is 93.3 Å². The molecule has 0 atom stereocenters. The Morgan fingerprint density at radius 2 is 1.88 bits per heavy atom. The number of oxazole rings is 1. The van der Waals surface area contributed by atoms with E-state index in [-0.39, 0.29) is 12.1 Å². The van der Waals surface area contributed by atoms with Gasteiger partial charge in [0.25, 0.3) is 0 Å². The molecular formula is C16H12ClN3O4. The lowest BCUT2D eigenvalue weighted by Gasteiger charge is -2.06. The highest BCUT2D eigenvalue weighted by Crippen LogP contribution is 2.18. The van der Waals surface area contributed by atoms with Gasteiger partial charge in [-0.25, -0.2) is 9.59 Å². The summed E-state index contributed by atoms with van der Waals surface area (Å²) in [5.74, 6) is -1.35. The Morgan fingerprint density at radius 3 is 2.62 bits per heavy atom. The molecule has 3 aromatic rings. The van der Waals surface area contributed by atoms with Crippen LogP contribution in [0, 0.1) is 0 Å². The van der Waals surface area contributed by atoms with Gasteiger partial charge in [-0.05, 0) is 24.3 Å². The van der Waals surface area contributed by atoms with Crippen molar-refractivity contribution < 1.29 is 14.0 Å². The molecule has 0 bridgehead atoms. The van der Waals surface area contributed by atoms with Crippen LogP contribution in [-0.4, -0.2) is 16.5 Å². The summed E-state index contributed by atoms with van der Waals surface area (Å²) in [5, 5.41) is 5.08. The average Bonchev–Trinajstić information content (AvgIpc) is 2.83. The van der Waals surface area contributed by atoms with E-state index in [1.807, 2.05) is 0 Å². The summed E-state index contributed by atoms with van der Waals surface area (Å²) in [4.78, 5) is 35.6. The number of carbonyl (C=O) groups is 2. The van der Waals surface area contributed by atoms with Crippen molar-refractivity contribution in [1.82, 2.24) is 9.88 Å². The summed E-state index contributed by atoms with van der Waals surface area (Å²) in [5.41, 5.74) is 1.24. The predicted molar refractivity (Wildman–Crippen MR) is 89.1 cm³/mol. The molecule has 0 aliphatic rings. The minimum atomic E-state index is -0.703. The number of amides is 3. The number of hydrogen-bond donors (Lipinski definition) is 2. The molecule has 8 heteroatoms. The molecule has 0 unspecified atom stereocenters. The highest BCUT2D eigenvalue weighted by molar-refractivity contribution is 6.31. The van der Waals surface area contributed by atoms with Gasteiger partial charge in [-0.2, -0.15) is 0 Å². The number of carbonyl (C=O) groups excluding carboxylic acids is 2. The maximum atomic E-state index is 12.0. The molecule has 2 N–H and O–H groups in total. The zero-order valence-corrected chi connectivity index (χ0v) is 13.0. The fourth-order valence-corrected chi connectivity index (χ4v) is 2.35. The van der Waals surface area contributed by atoms with E-state index in [9.17, 15) is 14.4 Å². The van der Waals surface area contributed by atoms with Crippen LogP contribution in [-0.2, 0) is 11.3 Å². The van der Waals surface area contributed by atoms with Crippen LogP contribution < -0.4 is 16.4 Å². The van der Waals surface area contributed by atoms with Crippen LogP contribution in [0.15, 0.2) is 57.7 Å². The number of fused-ring (bicyclic) bond motifs is 1. The largest absolute Gasteiger partial charge is 0.420 e. The molecule has 0 fully saturated rings. The predicted octanol–water partition coefficient (Wildman–Crippen LogP) is 2.60. The van der Waals surface area contributed by atoms with Crippen molar-refractivity contribution >= 4 is 40.3 Å². The highest BCUT2D eigenvalue weighted by atomic mass is 35.5. The smallest absolute Gasteiger partial charge is 0.408 e. The van der Waals surface area contributed by atoms with Crippen LogP contribution in [0.4, 0.5) is 10.5 Å². The molecule has 7 nitrogen and oxygen atoms in total. The number of nitrogens with one attached hydrogen (secondary N) is 2. The number of urea groups is 1. The average molecular weight is 346 g/mol. The number of halogens is 1.